The highest BCUT2D eigenvalue weighted by Gasteiger charge is 2.27. The lowest BCUT2D eigenvalue weighted by atomic mass is 10.1. The van der Waals surface area contributed by atoms with Gasteiger partial charge in [0.25, 0.3) is 5.91 Å². The summed E-state index contributed by atoms with van der Waals surface area (Å²) in [4.78, 5) is 22.1. The first kappa shape index (κ1) is 14.0. The fourth-order valence-corrected chi connectivity index (χ4v) is 2.42. The van der Waals surface area contributed by atoms with Crippen LogP contribution in [0.25, 0.3) is 0 Å². The molecule has 7 nitrogen and oxygen atoms in total. The minimum absolute atomic E-state index is 0.119. The summed E-state index contributed by atoms with van der Waals surface area (Å²) in [6.07, 6.45) is 6.32. The highest BCUT2D eigenvalue weighted by atomic mass is 79.9. The van der Waals surface area contributed by atoms with Crippen LogP contribution in [0.1, 0.15) is 23.4 Å². The first-order valence-electron chi connectivity index (χ1n) is 6.56. The van der Waals surface area contributed by atoms with E-state index in [1.165, 1.54) is 6.20 Å². The van der Waals surface area contributed by atoms with Gasteiger partial charge < -0.3 is 14.2 Å². The summed E-state index contributed by atoms with van der Waals surface area (Å²) in [5, 5.41) is 3.55. The fourth-order valence-electron chi connectivity index (χ4n) is 2.21. The Morgan fingerprint density at radius 2 is 2.24 bits per heavy atom. The molecule has 2 aromatic rings. The molecule has 0 aromatic carbocycles. The van der Waals surface area contributed by atoms with Gasteiger partial charge in [-0.05, 0) is 28.8 Å². The number of rotatable bonds is 3. The number of halogens is 1. The molecule has 1 aliphatic heterocycles. The molecule has 2 aromatic heterocycles. The van der Waals surface area contributed by atoms with E-state index in [2.05, 4.69) is 31.1 Å². The van der Waals surface area contributed by atoms with Gasteiger partial charge in [-0.3, -0.25) is 4.79 Å². The lowest BCUT2D eigenvalue weighted by Gasteiger charge is -2.31. The number of piperidine rings is 1. The highest BCUT2D eigenvalue weighted by molar-refractivity contribution is 9.10. The van der Waals surface area contributed by atoms with Crippen LogP contribution < -0.4 is 4.74 Å². The average Bonchev–Trinajstić information content (AvgIpc) is 3.03. The molecule has 0 spiro atoms. The van der Waals surface area contributed by atoms with Crippen molar-refractivity contribution in [3.63, 3.8) is 0 Å². The largest absolute Gasteiger partial charge is 0.458 e. The topological polar surface area (TPSA) is 81.4 Å². The maximum Gasteiger partial charge on any atom is 0.316 e. The van der Waals surface area contributed by atoms with E-state index in [1.807, 2.05) is 0 Å². The third-order valence-corrected chi connectivity index (χ3v) is 3.59. The zero-order valence-electron chi connectivity index (χ0n) is 11.1. The Hall–Kier alpha value is -1.96. The maximum atomic E-state index is 12.2. The Balaban J connectivity index is 1.63. The summed E-state index contributed by atoms with van der Waals surface area (Å²) in [6, 6.07) is 1.88. The molecule has 1 fully saturated rings. The van der Waals surface area contributed by atoms with E-state index in [4.69, 9.17) is 9.26 Å². The van der Waals surface area contributed by atoms with E-state index in [0.29, 0.717) is 19.1 Å². The minimum Gasteiger partial charge on any atom is -0.458 e. The van der Waals surface area contributed by atoms with Gasteiger partial charge in [0.1, 0.15) is 6.10 Å². The van der Waals surface area contributed by atoms with Crippen LogP contribution in [-0.4, -0.2) is 45.1 Å². The molecule has 1 aliphatic rings. The smallest absolute Gasteiger partial charge is 0.316 e. The first-order chi connectivity index (χ1) is 10.2. The van der Waals surface area contributed by atoms with Gasteiger partial charge in [0.05, 0.1) is 17.2 Å². The van der Waals surface area contributed by atoms with Crippen molar-refractivity contribution in [2.24, 2.45) is 0 Å². The number of carbonyl (C=O) groups is 1. The second kappa shape index (κ2) is 6.21. The van der Waals surface area contributed by atoms with Gasteiger partial charge in [-0.15, -0.1) is 0 Å². The Morgan fingerprint density at radius 1 is 1.43 bits per heavy atom. The first-order valence-corrected chi connectivity index (χ1v) is 7.36. The third kappa shape index (κ3) is 3.38. The van der Waals surface area contributed by atoms with E-state index in [-0.39, 0.29) is 17.8 Å². The van der Waals surface area contributed by atoms with Crippen LogP contribution in [0.2, 0.25) is 0 Å². The van der Waals surface area contributed by atoms with Crippen LogP contribution in [0.4, 0.5) is 0 Å². The fraction of sp³-hybridized carbons (Fsp3) is 0.385. The molecule has 21 heavy (non-hydrogen) atoms. The van der Waals surface area contributed by atoms with Gasteiger partial charge >= 0.3 is 6.01 Å². The molecular weight excluding hydrogens is 340 g/mol. The van der Waals surface area contributed by atoms with E-state index < -0.39 is 0 Å². The Labute approximate surface area is 129 Å². The van der Waals surface area contributed by atoms with E-state index >= 15 is 0 Å². The van der Waals surface area contributed by atoms with Gasteiger partial charge in [-0.1, -0.05) is 5.16 Å². The van der Waals surface area contributed by atoms with Crippen LogP contribution in [0.15, 0.2) is 33.7 Å². The number of aromatic nitrogens is 3. The number of ether oxygens (including phenoxy) is 1. The summed E-state index contributed by atoms with van der Waals surface area (Å²) < 4.78 is 11.4. The Bertz CT molecular complexity index is 602. The van der Waals surface area contributed by atoms with Crippen LogP contribution in [0, 0.1) is 0 Å². The molecule has 3 heterocycles. The Kier molecular flexibility index (Phi) is 4.14. The molecule has 1 saturated heterocycles. The predicted octanol–water partition coefficient (Wildman–Crippen LogP) is 1.91. The van der Waals surface area contributed by atoms with Crippen molar-refractivity contribution in [1.29, 1.82) is 0 Å². The van der Waals surface area contributed by atoms with E-state index in [0.717, 1.165) is 17.3 Å². The van der Waals surface area contributed by atoms with E-state index in [9.17, 15) is 4.79 Å². The second-order valence-electron chi connectivity index (χ2n) is 4.69. The molecule has 0 N–H and O–H groups in total. The van der Waals surface area contributed by atoms with Crippen LogP contribution in [0.3, 0.4) is 0 Å². The summed E-state index contributed by atoms with van der Waals surface area (Å²) in [7, 11) is 0. The molecule has 1 unspecified atom stereocenters. The zero-order chi connectivity index (χ0) is 14.7. The highest BCUT2D eigenvalue weighted by Crippen LogP contribution is 2.18. The molecule has 3 rings (SSSR count). The SMILES string of the molecule is O=C(c1ccno1)N1CCCC(Oc2ncc(Br)cn2)C1. The van der Waals surface area contributed by atoms with Crippen LogP contribution >= 0.6 is 15.9 Å². The summed E-state index contributed by atoms with van der Waals surface area (Å²) >= 11 is 3.27. The van der Waals surface area contributed by atoms with Crippen molar-refractivity contribution in [2.45, 2.75) is 18.9 Å². The number of likely N-dealkylation sites (tertiary alicyclic amines) is 1. The quantitative estimate of drug-likeness (QED) is 0.839. The van der Waals surface area contributed by atoms with Crippen LogP contribution in [-0.2, 0) is 0 Å². The standard InChI is InChI=1S/C13H13BrN4O3/c14-9-6-15-13(16-7-9)20-10-2-1-5-18(8-10)12(19)11-3-4-17-21-11/h3-4,6-7,10H,1-2,5,8H2. The second-order valence-corrected chi connectivity index (χ2v) is 5.61. The Morgan fingerprint density at radius 3 is 2.95 bits per heavy atom. The molecule has 0 bridgehead atoms. The van der Waals surface area contributed by atoms with Crippen LogP contribution in [0.5, 0.6) is 6.01 Å². The lowest BCUT2D eigenvalue weighted by molar-refractivity contribution is 0.0481. The van der Waals surface area contributed by atoms with Crippen molar-refractivity contribution in [1.82, 2.24) is 20.0 Å². The molecule has 0 radical (unpaired) electrons. The van der Waals surface area contributed by atoms with E-state index in [1.54, 1.807) is 23.4 Å². The molecule has 110 valence electrons. The minimum atomic E-state index is -0.169. The molecule has 8 heteroatoms. The monoisotopic (exact) mass is 352 g/mol. The number of hydrogen-bond acceptors (Lipinski definition) is 6. The average molecular weight is 353 g/mol. The van der Waals surface area contributed by atoms with Gasteiger partial charge in [-0.25, -0.2) is 9.97 Å². The molecular formula is C13H13BrN4O3. The number of hydrogen-bond donors (Lipinski definition) is 0. The molecule has 1 amide bonds. The van der Waals surface area contributed by atoms with Gasteiger partial charge in [-0.2, -0.15) is 0 Å². The molecule has 1 atom stereocenters. The molecule has 0 aliphatic carbocycles. The number of amides is 1. The predicted molar refractivity (Wildman–Crippen MR) is 75.8 cm³/mol. The molecule has 0 saturated carbocycles. The van der Waals surface area contributed by atoms with Crippen molar-refractivity contribution in [3.05, 3.63) is 34.9 Å². The summed E-state index contributed by atoms with van der Waals surface area (Å²) in [5.74, 6) is 0.0769. The normalized spacial score (nSPS) is 18.5. The summed E-state index contributed by atoms with van der Waals surface area (Å²) in [6.45, 7) is 1.17. The van der Waals surface area contributed by atoms with Gasteiger partial charge in [0, 0.05) is 25.0 Å². The number of nitrogens with zero attached hydrogens (tertiary/aromatic N) is 4. The summed E-state index contributed by atoms with van der Waals surface area (Å²) in [5.41, 5.74) is 0. The van der Waals surface area contributed by atoms with Crippen molar-refractivity contribution in [2.75, 3.05) is 13.1 Å². The zero-order valence-corrected chi connectivity index (χ0v) is 12.7. The van der Waals surface area contributed by atoms with Crippen molar-refractivity contribution in [3.8, 4) is 6.01 Å². The third-order valence-electron chi connectivity index (χ3n) is 3.18. The maximum absolute atomic E-state index is 12.2. The van der Waals surface area contributed by atoms with Crippen molar-refractivity contribution >= 4 is 21.8 Å². The number of carbonyl (C=O) groups excluding carboxylic acids is 1. The van der Waals surface area contributed by atoms with Gasteiger partial charge in [0.15, 0.2) is 0 Å². The lowest BCUT2D eigenvalue weighted by Crippen LogP contribution is -2.44. The van der Waals surface area contributed by atoms with Crippen molar-refractivity contribution < 1.29 is 14.1 Å². The van der Waals surface area contributed by atoms with Gasteiger partial charge in [0.2, 0.25) is 5.76 Å².